The summed E-state index contributed by atoms with van der Waals surface area (Å²) in [5.41, 5.74) is 0.466. The predicted octanol–water partition coefficient (Wildman–Crippen LogP) is 3.89. The number of carbonyl (C=O) groups is 2. The van der Waals surface area contributed by atoms with Gasteiger partial charge in [0.25, 0.3) is 5.09 Å². The molecule has 192 valence electrons. The second kappa shape index (κ2) is 11.6. The fraction of sp³-hybridized carbons (Fsp3) is 0.478. The normalized spacial score (nSPS) is 17.8. The van der Waals surface area contributed by atoms with Crippen molar-refractivity contribution in [1.82, 2.24) is 0 Å². The molecule has 0 heterocycles. The molecule has 0 saturated heterocycles. The Hall–Kier alpha value is -3.70. The largest absolute Gasteiger partial charge is 0.507 e. The number of aromatic hydroxyl groups is 2. The average Bonchev–Trinajstić information content (AvgIpc) is 2.76. The standard InChI is InChI=1S/C23H27F2NO9/c1-13(2)17-6-5-15(12-34-14(3)27)9-18(17)21-19(28)10-16(11-20(21)29)23(24,25)22(30)33-7-4-8-35-26(31)32/h9-11,17-18,28-29H,1,4-8,12H2,2-3H3/t17-,18+/m1/s1. The molecule has 0 unspecified atom stereocenters. The van der Waals surface area contributed by atoms with E-state index in [0.29, 0.717) is 25.0 Å². The van der Waals surface area contributed by atoms with E-state index in [1.807, 2.05) is 0 Å². The van der Waals surface area contributed by atoms with Gasteiger partial charge in [0.05, 0.1) is 13.2 Å². The van der Waals surface area contributed by atoms with E-state index in [-0.39, 0.29) is 24.5 Å². The van der Waals surface area contributed by atoms with Gasteiger partial charge in [-0.1, -0.05) is 18.2 Å². The molecule has 2 atom stereocenters. The molecule has 1 aliphatic carbocycles. The van der Waals surface area contributed by atoms with Crippen LogP contribution in [0.3, 0.4) is 0 Å². The molecule has 2 N–H and O–H groups in total. The fourth-order valence-electron chi connectivity index (χ4n) is 3.84. The molecule has 0 amide bonds. The van der Waals surface area contributed by atoms with Crippen LogP contribution < -0.4 is 0 Å². The van der Waals surface area contributed by atoms with Gasteiger partial charge >= 0.3 is 17.9 Å². The lowest BCUT2D eigenvalue weighted by molar-refractivity contribution is -0.757. The molecule has 0 bridgehead atoms. The molecule has 1 aromatic carbocycles. The lowest BCUT2D eigenvalue weighted by Gasteiger charge is -2.32. The van der Waals surface area contributed by atoms with Gasteiger partial charge in [-0.3, -0.25) is 4.79 Å². The van der Waals surface area contributed by atoms with Crippen molar-refractivity contribution in [3.8, 4) is 11.5 Å². The van der Waals surface area contributed by atoms with Crippen LogP contribution in [0.25, 0.3) is 0 Å². The Morgan fingerprint density at radius 1 is 1.20 bits per heavy atom. The van der Waals surface area contributed by atoms with Crippen LogP contribution in [0.15, 0.2) is 35.9 Å². The highest BCUT2D eigenvalue weighted by molar-refractivity contribution is 5.80. The maximum absolute atomic E-state index is 14.7. The number of rotatable bonds is 11. The number of hydrogen-bond donors (Lipinski definition) is 2. The van der Waals surface area contributed by atoms with Crippen LogP contribution in [-0.2, 0) is 29.8 Å². The zero-order valence-electron chi connectivity index (χ0n) is 19.3. The summed E-state index contributed by atoms with van der Waals surface area (Å²) in [5.74, 6) is -8.83. The summed E-state index contributed by atoms with van der Waals surface area (Å²) < 4.78 is 38.8. The first kappa shape index (κ1) is 27.5. The van der Waals surface area contributed by atoms with Crippen LogP contribution in [0.5, 0.6) is 11.5 Å². The highest BCUT2D eigenvalue weighted by atomic mass is 19.3. The number of allylic oxidation sites excluding steroid dienone is 2. The average molecular weight is 499 g/mol. The molecule has 12 heteroatoms. The molecule has 0 fully saturated rings. The van der Waals surface area contributed by atoms with Gasteiger partial charge in [-0.25, -0.2) is 4.79 Å². The summed E-state index contributed by atoms with van der Waals surface area (Å²) in [6.45, 7) is 5.99. The summed E-state index contributed by atoms with van der Waals surface area (Å²) >= 11 is 0. The summed E-state index contributed by atoms with van der Waals surface area (Å²) in [7, 11) is 0. The predicted molar refractivity (Wildman–Crippen MR) is 117 cm³/mol. The fourth-order valence-corrected chi connectivity index (χ4v) is 3.84. The Bertz CT molecular complexity index is 999. The van der Waals surface area contributed by atoms with Gasteiger partial charge in [-0.15, -0.1) is 10.1 Å². The van der Waals surface area contributed by atoms with E-state index in [1.54, 1.807) is 13.0 Å². The van der Waals surface area contributed by atoms with Crippen molar-refractivity contribution < 1.29 is 48.0 Å². The number of phenols is 2. The maximum atomic E-state index is 14.7. The first-order valence-corrected chi connectivity index (χ1v) is 10.7. The summed E-state index contributed by atoms with van der Waals surface area (Å²) in [6.07, 6.45) is 2.66. The Labute approximate surface area is 199 Å². The van der Waals surface area contributed by atoms with Crippen LogP contribution in [0.2, 0.25) is 0 Å². The summed E-state index contributed by atoms with van der Waals surface area (Å²) in [5, 5.41) is 30.2. The molecule has 0 spiro atoms. The van der Waals surface area contributed by atoms with Gasteiger partial charge in [0, 0.05) is 30.4 Å². The number of benzene rings is 1. The lowest BCUT2D eigenvalue weighted by atomic mass is 9.73. The highest BCUT2D eigenvalue weighted by Gasteiger charge is 2.44. The van der Waals surface area contributed by atoms with Crippen molar-refractivity contribution in [2.45, 2.75) is 45.0 Å². The van der Waals surface area contributed by atoms with Crippen LogP contribution >= 0.6 is 0 Å². The minimum Gasteiger partial charge on any atom is -0.507 e. The first-order chi connectivity index (χ1) is 16.3. The molecule has 1 aliphatic rings. The quantitative estimate of drug-likeness (QED) is 0.152. The lowest BCUT2D eigenvalue weighted by Crippen LogP contribution is -2.29. The van der Waals surface area contributed by atoms with Gasteiger partial charge in [-0.2, -0.15) is 8.78 Å². The minimum absolute atomic E-state index is 0.0188. The van der Waals surface area contributed by atoms with E-state index in [0.717, 1.165) is 11.1 Å². The second-order valence-corrected chi connectivity index (χ2v) is 8.17. The number of phenolic OH excluding ortho intramolecular Hbond substituents is 2. The number of esters is 2. The molecule has 0 aromatic heterocycles. The van der Waals surface area contributed by atoms with Crippen molar-refractivity contribution in [3.05, 3.63) is 57.2 Å². The summed E-state index contributed by atoms with van der Waals surface area (Å²) in [4.78, 5) is 37.1. The Morgan fingerprint density at radius 3 is 2.37 bits per heavy atom. The molecule has 10 nitrogen and oxygen atoms in total. The summed E-state index contributed by atoms with van der Waals surface area (Å²) in [6, 6.07) is 1.35. The number of nitrogens with zero attached hydrogens (tertiary/aromatic N) is 1. The number of hydrogen-bond acceptors (Lipinski definition) is 9. The second-order valence-electron chi connectivity index (χ2n) is 8.17. The van der Waals surface area contributed by atoms with E-state index >= 15 is 0 Å². The highest BCUT2D eigenvalue weighted by Crippen LogP contribution is 2.48. The number of carbonyl (C=O) groups excluding carboxylic acids is 2. The Morgan fingerprint density at radius 2 is 1.83 bits per heavy atom. The van der Waals surface area contributed by atoms with Crippen molar-refractivity contribution >= 4 is 11.9 Å². The van der Waals surface area contributed by atoms with E-state index in [2.05, 4.69) is 16.2 Å². The van der Waals surface area contributed by atoms with Crippen molar-refractivity contribution in [1.29, 1.82) is 0 Å². The van der Waals surface area contributed by atoms with Crippen molar-refractivity contribution in [2.75, 3.05) is 19.8 Å². The number of halogens is 2. The minimum atomic E-state index is -4.21. The molecule has 35 heavy (non-hydrogen) atoms. The third-order valence-electron chi connectivity index (χ3n) is 5.53. The van der Waals surface area contributed by atoms with Crippen LogP contribution in [0.4, 0.5) is 8.78 Å². The molecule has 0 radical (unpaired) electrons. The zero-order chi connectivity index (χ0) is 26.3. The number of alkyl halides is 2. The van der Waals surface area contributed by atoms with E-state index in [1.165, 1.54) is 6.92 Å². The van der Waals surface area contributed by atoms with Crippen molar-refractivity contribution in [3.63, 3.8) is 0 Å². The topological polar surface area (TPSA) is 145 Å². The van der Waals surface area contributed by atoms with Crippen molar-refractivity contribution in [2.24, 2.45) is 5.92 Å². The van der Waals surface area contributed by atoms with E-state index in [9.17, 15) is 38.7 Å². The molecule has 0 saturated carbocycles. The molecule has 0 aliphatic heterocycles. The molecule has 2 rings (SSSR count). The number of ether oxygens (including phenoxy) is 2. The van der Waals surface area contributed by atoms with Crippen LogP contribution in [-0.4, -0.2) is 47.1 Å². The van der Waals surface area contributed by atoms with Gasteiger partial charge in [0.15, 0.2) is 0 Å². The third kappa shape index (κ3) is 7.14. The monoisotopic (exact) mass is 499 g/mol. The van der Waals surface area contributed by atoms with Gasteiger partial charge in [0.2, 0.25) is 0 Å². The maximum Gasteiger partial charge on any atom is 0.381 e. The SMILES string of the molecule is C=C(C)[C@H]1CCC(COC(C)=O)=C[C@@H]1c1c(O)cc(C(F)(F)C(=O)OCCCO[N+](=O)[O-])cc1O. The van der Waals surface area contributed by atoms with Gasteiger partial charge < -0.3 is 24.5 Å². The molecular weight excluding hydrogens is 472 g/mol. The third-order valence-corrected chi connectivity index (χ3v) is 5.53. The van der Waals surface area contributed by atoms with Gasteiger partial charge in [0.1, 0.15) is 18.1 Å². The molecule has 1 aromatic rings. The molecular formula is C23H27F2NO9. The Balaban J connectivity index is 2.28. The van der Waals surface area contributed by atoms with E-state index < -0.39 is 59.1 Å². The Kier molecular flexibility index (Phi) is 9.15. The van der Waals surface area contributed by atoms with Crippen LogP contribution in [0.1, 0.15) is 50.2 Å². The first-order valence-electron chi connectivity index (χ1n) is 10.7. The zero-order valence-corrected chi connectivity index (χ0v) is 19.3. The smallest absolute Gasteiger partial charge is 0.381 e. The van der Waals surface area contributed by atoms with Crippen LogP contribution in [0, 0.1) is 16.0 Å². The van der Waals surface area contributed by atoms with E-state index in [4.69, 9.17) is 4.74 Å². The van der Waals surface area contributed by atoms with Gasteiger partial charge in [-0.05, 0) is 43.4 Å².